The summed E-state index contributed by atoms with van der Waals surface area (Å²) >= 11 is 0. The smallest absolute Gasteiger partial charge is 0.296 e. The van der Waals surface area contributed by atoms with Crippen LogP contribution in [0.5, 0.6) is 0 Å². The summed E-state index contributed by atoms with van der Waals surface area (Å²) in [6.45, 7) is 6.46. The Morgan fingerprint density at radius 2 is 1.89 bits per heavy atom. The van der Waals surface area contributed by atoms with Gasteiger partial charge in [-0.3, -0.25) is 9.89 Å². The minimum Gasteiger partial charge on any atom is -0.390 e. The molecule has 36 heavy (non-hydrogen) atoms. The van der Waals surface area contributed by atoms with Crippen LogP contribution in [0.1, 0.15) is 54.3 Å². The standard InChI is InChI=1S/C28H32N6O2/c1-19-10-11-22(29-14-7-13-28(2,3)36)18-23(19)21-12-15-30-24(17-21)32-27(35)26-31-25(33-34-26)16-20-8-5-4-6-9-20/h4-6,8-12,15,17-18,29,36H,7,13-14,16H2,1-3H3,(H,30,32,35)(H,31,33,34). The van der Waals surface area contributed by atoms with Crippen molar-refractivity contribution < 1.29 is 9.90 Å². The number of aliphatic hydroxyl groups is 1. The molecule has 2 aromatic heterocycles. The molecule has 0 saturated heterocycles. The van der Waals surface area contributed by atoms with Gasteiger partial charge in [0.2, 0.25) is 5.82 Å². The maximum Gasteiger partial charge on any atom is 0.296 e. The lowest BCUT2D eigenvalue weighted by Gasteiger charge is -2.17. The first-order valence-corrected chi connectivity index (χ1v) is 12.1. The molecular formula is C28H32N6O2. The van der Waals surface area contributed by atoms with E-state index in [2.05, 4.69) is 42.9 Å². The second-order valence-corrected chi connectivity index (χ2v) is 9.52. The van der Waals surface area contributed by atoms with Gasteiger partial charge in [0.05, 0.1) is 5.60 Å². The molecule has 0 bridgehead atoms. The van der Waals surface area contributed by atoms with Crippen LogP contribution in [-0.4, -0.2) is 43.3 Å². The minimum absolute atomic E-state index is 0.0709. The number of anilines is 2. The number of carbonyl (C=O) groups excluding carboxylic acids is 1. The Morgan fingerprint density at radius 3 is 2.67 bits per heavy atom. The normalized spacial score (nSPS) is 11.3. The van der Waals surface area contributed by atoms with Crippen molar-refractivity contribution in [2.75, 3.05) is 17.2 Å². The molecule has 8 heteroatoms. The summed E-state index contributed by atoms with van der Waals surface area (Å²) in [6, 6.07) is 19.8. The lowest BCUT2D eigenvalue weighted by atomic mass is 10.0. The zero-order chi connectivity index (χ0) is 25.5. The van der Waals surface area contributed by atoms with Crippen molar-refractivity contribution in [1.82, 2.24) is 20.2 Å². The topological polar surface area (TPSA) is 116 Å². The van der Waals surface area contributed by atoms with E-state index in [1.807, 2.05) is 69.3 Å². The molecular weight excluding hydrogens is 452 g/mol. The molecule has 0 radical (unpaired) electrons. The van der Waals surface area contributed by atoms with E-state index >= 15 is 0 Å². The molecule has 0 saturated carbocycles. The molecule has 0 aliphatic carbocycles. The number of benzene rings is 2. The number of nitrogens with zero attached hydrogens (tertiary/aromatic N) is 3. The predicted molar refractivity (Wildman–Crippen MR) is 142 cm³/mol. The van der Waals surface area contributed by atoms with Gasteiger partial charge in [-0.2, -0.15) is 0 Å². The number of aryl methyl sites for hydroxylation is 1. The maximum atomic E-state index is 12.7. The first-order valence-electron chi connectivity index (χ1n) is 12.1. The SMILES string of the molecule is Cc1ccc(NCCCC(C)(C)O)cc1-c1ccnc(NC(=O)c2n[nH]c(Cc3ccccc3)n2)c1. The van der Waals surface area contributed by atoms with E-state index < -0.39 is 11.5 Å². The van der Waals surface area contributed by atoms with Crippen molar-refractivity contribution in [2.24, 2.45) is 0 Å². The van der Waals surface area contributed by atoms with Gasteiger partial charge in [-0.05, 0) is 80.1 Å². The first kappa shape index (κ1) is 25.1. The van der Waals surface area contributed by atoms with Crippen LogP contribution in [0.4, 0.5) is 11.5 Å². The van der Waals surface area contributed by atoms with Crippen LogP contribution in [0.25, 0.3) is 11.1 Å². The van der Waals surface area contributed by atoms with Gasteiger partial charge in [-0.15, -0.1) is 5.10 Å². The van der Waals surface area contributed by atoms with Crippen LogP contribution in [0.3, 0.4) is 0 Å². The Kier molecular flexibility index (Phi) is 7.75. The predicted octanol–water partition coefficient (Wildman–Crippen LogP) is 4.98. The third kappa shape index (κ3) is 6.99. The summed E-state index contributed by atoms with van der Waals surface area (Å²) in [7, 11) is 0. The van der Waals surface area contributed by atoms with Crippen molar-refractivity contribution in [1.29, 1.82) is 0 Å². The summed E-state index contributed by atoms with van der Waals surface area (Å²) in [5.41, 5.74) is 4.52. The van der Waals surface area contributed by atoms with Crippen LogP contribution in [0.15, 0.2) is 66.9 Å². The highest BCUT2D eigenvalue weighted by molar-refractivity contribution is 6.01. The van der Waals surface area contributed by atoms with E-state index in [-0.39, 0.29) is 5.82 Å². The van der Waals surface area contributed by atoms with E-state index in [9.17, 15) is 9.90 Å². The maximum absolute atomic E-state index is 12.7. The van der Waals surface area contributed by atoms with Gasteiger partial charge >= 0.3 is 0 Å². The third-order valence-corrected chi connectivity index (χ3v) is 5.79. The van der Waals surface area contributed by atoms with Gasteiger partial charge in [-0.25, -0.2) is 9.97 Å². The summed E-state index contributed by atoms with van der Waals surface area (Å²) in [6.07, 6.45) is 3.83. The number of amides is 1. The molecule has 0 spiro atoms. The van der Waals surface area contributed by atoms with E-state index in [1.165, 1.54) is 0 Å². The second-order valence-electron chi connectivity index (χ2n) is 9.52. The Bertz CT molecular complexity index is 1310. The lowest BCUT2D eigenvalue weighted by Crippen LogP contribution is -2.19. The van der Waals surface area contributed by atoms with Crippen LogP contribution < -0.4 is 10.6 Å². The molecule has 2 aromatic carbocycles. The fraction of sp³-hybridized carbons (Fsp3) is 0.286. The minimum atomic E-state index is -0.660. The number of H-pyrrole nitrogens is 1. The van der Waals surface area contributed by atoms with E-state index in [0.717, 1.165) is 47.3 Å². The number of pyridine rings is 1. The molecule has 0 unspecified atom stereocenters. The average molecular weight is 485 g/mol. The number of aromatic nitrogens is 4. The molecule has 0 fully saturated rings. The van der Waals surface area contributed by atoms with Gasteiger partial charge in [0.25, 0.3) is 5.91 Å². The van der Waals surface area contributed by atoms with Gasteiger partial charge in [0.1, 0.15) is 11.6 Å². The molecule has 8 nitrogen and oxygen atoms in total. The van der Waals surface area contributed by atoms with Crippen LogP contribution >= 0.6 is 0 Å². The van der Waals surface area contributed by atoms with E-state index in [0.29, 0.717) is 18.1 Å². The van der Waals surface area contributed by atoms with E-state index in [1.54, 1.807) is 6.20 Å². The molecule has 0 atom stereocenters. The molecule has 186 valence electrons. The van der Waals surface area contributed by atoms with E-state index in [4.69, 9.17) is 0 Å². The van der Waals surface area contributed by atoms with Gasteiger partial charge in [0, 0.05) is 24.8 Å². The lowest BCUT2D eigenvalue weighted by molar-refractivity contribution is 0.0698. The Hall–Kier alpha value is -4.04. The first-order chi connectivity index (χ1) is 17.3. The largest absolute Gasteiger partial charge is 0.390 e. The quantitative estimate of drug-likeness (QED) is 0.236. The zero-order valence-corrected chi connectivity index (χ0v) is 20.9. The van der Waals surface area contributed by atoms with Crippen molar-refractivity contribution in [2.45, 2.75) is 45.6 Å². The summed E-state index contributed by atoms with van der Waals surface area (Å²) < 4.78 is 0. The van der Waals surface area contributed by atoms with Gasteiger partial charge < -0.3 is 15.7 Å². The molecule has 0 aliphatic rings. The second kappa shape index (κ2) is 11.1. The molecule has 4 N–H and O–H groups in total. The number of nitrogens with one attached hydrogen (secondary N) is 3. The number of carbonyl (C=O) groups is 1. The van der Waals surface area contributed by atoms with Crippen molar-refractivity contribution >= 4 is 17.4 Å². The average Bonchev–Trinajstić information content (AvgIpc) is 3.32. The number of hydrogen-bond donors (Lipinski definition) is 4. The summed E-state index contributed by atoms with van der Waals surface area (Å²) in [5.74, 6) is 0.695. The molecule has 0 aliphatic heterocycles. The highest BCUT2D eigenvalue weighted by Crippen LogP contribution is 2.28. The Balaban J connectivity index is 1.42. The molecule has 2 heterocycles. The van der Waals surface area contributed by atoms with Crippen LogP contribution in [0, 0.1) is 6.92 Å². The Labute approximate surface area is 211 Å². The fourth-order valence-corrected chi connectivity index (χ4v) is 3.90. The Morgan fingerprint density at radius 1 is 1.08 bits per heavy atom. The highest BCUT2D eigenvalue weighted by atomic mass is 16.3. The summed E-state index contributed by atoms with van der Waals surface area (Å²) in [4.78, 5) is 21.4. The number of rotatable bonds is 10. The number of hydrogen-bond acceptors (Lipinski definition) is 6. The molecule has 4 aromatic rings. The third-order valence-electron chi connectivity index (χ3n) is 5.79. The highest BCUT2D eigenvalue weighted by Gasteiger charge is 2.15. The molecule has 1 amide bonds. The van der Waals surface area contributed by atoms with Crippen molar-refractivity contribution in [3.05, 3.63) is 89.6 Å². The monoisotopic (exact) mass is 484 g/mol. The fourth-order valence-electron chi connectivity index (χ4n) is 3.90. The van der Waals surface area contributed by atoms with Crippen LogP contribution in [-0.2, 0) is 6.42 Å². The van der Waals surface area contributed by atoms with Crippen molar-refractivity contribution in [3.8, 4) is 11.1 Å². The number of aromatic amines is 1. The van der Waals surface area contributed by atoms with Gasteiger partial charge in [-0.1, -0.05) is 36.4 Å². The zero-order valence-electron chi connectivity index (χ0n) is 20.9. The summed E-state index contributed by atoms with van der Waals surface area (Å²) in [5, 5.41) is 23.0. The van der Waals surface area contributed by atoms with Crippen molar-refractivity contribution in [3.63, 3.8) is 0 Å². The molecule has 4 rings (SSSR count). The van der Waals surface area contributed by atoms with Gasteiger partial charge in [0.15, 0.2) is 0 Å². The van der Waals surface area contributed by atoms with Crippen LogP contribution in [0.2, 0.25) is 0 Å².